The van der Waals surface area contributed by atoms with Crippen LogP contribution in [0.2, 0.25) is 0 Å². The molecule has 0 aromatic heterocycles. The number of rotatable bonds is 6. The van der Waals surface area contributed by atoms with E-state index < -0.39 is 0 Å². The molecule has 1 fully saturated rings. The molecule has 0 heterocycles. The Kier molecular flexibility index (Phi) is 4.39. The number of hydrogen-bond donors (Lipinski definition) is 1. The van der Waals surface area contributed by atoms with Gasteiger partial charge in [0.2, 0.25) is 0 Å². The molecule has 14 heavy (non-hydrogen) atoms. The zero-order chi connectivity index (χ0) is 10.6. The fourth-order valence-electron chi connectivity index (χ4n) is 2.06. The van der Waals surface area contributed by atoms with E-state index in [1.165, 1.54) is 32.2 Å². The summed E-state index contributed by atoms with van der Waals surface area (Å²) in [5.74, 6) is 1.03. The van der Waals surface area contributed by atoms with Crippen molar-refractivity contribution in [3.05, 3.63) is 0 Å². The Balaban J connectivity index is 2.11. The first kappa shape index (κ1) is 12.0. The quantitative estimate of drug-likeness (QED) is 0.708. The summed E-state index contributed by atoms with van der Waals surface area (Å²) in [6.07, 6.45) is 5.78. The van der Waals surface area contributed by atoms with Crippen molar-refractivity contribution in [1.82, 2.24) is 4.90 Å². The van der Waals surface area contributed by atoms with Crippen LogP contribution in [-0.4, -0.2) is 31.6 Å². The summed E-state index contributed by atoms with van der Waals surface area (Å²) in [6.45, 7) is 7.63. The molecule has 2 heteroatoms. The molecule has 0 aromatic carbocycles. The highest BCUT2D eigenvalue weighted by molar-refractivity contribution is 4.75. The molecule has 0 aliphatic heterocycles. The standard InChI is InChI=1S/C12H26N2/c1-12(2,9-13)10-14(3)8-7-11-5-4-6-11/h11H,4-10,13H2,1-3H3. The topological polar surface area (TPSA) is 29.3 Å². The molecule has 1 saturated carbocycles. The third-order valence-electron chi connectivity index (χ3n) is 3.39. The van der Waals surface area contributed by atoms with E-state index in [-0.39, 0.29) is 5.41 Å². The van der Waals surface area contributed by atoms with Crippen LogP contribution in [0.15, 0.2) is 0 Å². The van der Waals surface area contributed by atoms with Crippen LogP contribution in [0.1, 0.15) is 39.5 Å². The maximum atomic E-state index is 5.72. The Morgan fingerprint density at radius 3 is 2.43 bits per heavy atom. The largest absolute Gasteiger partial charge is 0.330 e. The van der Waals surface area contributed by atoms with Gasteiger partial charge in [0, 0.05) is 6.54 Å². The lowest BCUT2D eigenvalue weighted by Gasteiger charge is -2.32. The average molecular weight is 198 g/mol. The number of nitrogens with zero attached hydrogens (tertiary/aromatic N) is 1. The maximum absolute atomic E-state index is 5.72. The smallest absolute Gasteiger partial charge is 0.00417 e. The number of nitrogens with two attached hydrogens (primary N) is 1. The summed E-state index contributed by atoms with van der Waals surface area (Å²) in [5.41, 5.74) is 5.99. The molecule has 0 amide bonds. The van der Waals surface area contributed by atoms with Crippen LogP contribution in [0.25, 0.3) is 0 Å². The molecule has 1 aliphatic carbocycles. The molecule has 0 atom stereocenters. The van der Waals surface area contributed by atoms with E-state index >= 15 is 0 Å². The van der Waals surface area contributed by atoms with Gasteiger partial charge in [0.05, 0.1) is 0 Å². The van der Waals surface area contributed by atoms with Crippen LogP contribution in [-0.2, 0) is 0 Å². The minimum absolute atomic E-state index is 0.272. The normalized spacial score (nSPS) is 18.6. The monoisotopic (exact) mass is 198 g/mol. The van der Waals surface area contributed by atoms with Gasteiger partial charge >= 0.3 is 0 Å². The van der Waals surface area contributed by atoms with Crippen molar-refractivity contribution in [2.45, 2.75) is 39.5 Å². The van der Waals surface area contributed by atoms with Crippen LogP contribution in [0.5, 0.6) is 0 Å². The fourth-order valence-corrected chi connectivity index (χ4v) is 2.06. The van der Waals surface area contributed by atoms with E-state index in [4.69, 9.17) is 5.73 Å². The van der Waals surface area contributed by atoms with E-state index in [0.717, 1.165) is 19.0 Å². The van der Waals surface area contributed by atoms with Crippen molar-refractivity contribution in [2.75, 3.05) is 26.7 Å². The van der Waals surface area contributed by atoms with Crippen LogP contribution in [0.3, 0.4) is 0 Å². The summed E-state index contributed by atoms with van der Waals surface area (Å²) in [6, 6.07) is 0. The Morgan fingerprint density at radius 2 is 2.00 bits per heavy atom. The van der Waals surface area contributed by atoms with Gasteiger partial charge in [-0.1, -0.05) is 33.1 Å². The van der Waals surface area contributed by atoms with E-state index in [1.807, 2.05) is 0 Å². The van der Waals surface area contributed by atoms with Gasteiger partial charge in [-0.2, -0.15) is 0 Å². The minimum Gasteiger partial charge on any atom is -0.330 e. The van der Waals surface area contributed by atoms with E-state index in [1.54, 1.807) is 0 Å². The molecule has 84 valence electrons. The van der Waals surface area contributed by atoms with E-state index in [0.29, 0.717) is 0 Å². The fraction of sp³-hybridized carbons (Fsp3) is 1.00. The molecule has 0 saturated heterocycles. The highest BCUT2D eigenvalue weighted by Gasteiger charge is 2.20. The van der Waals surface area contributed by atoms with Crippen LogP contribution in [0.4, 0.5) is 0 Å². The highest BCUT2D eigenvalue weighted by atomic mass is 15.1. The molecule has 0 unspecified atom stereocenters. The van der Waals surface area contributed by atoms with Crippen molar-refractivity contribution < 1.29 is 0 Å². The van der Waals surface area contributed by atoms with Crippen molar-refractivity contribution in [1.29, 1.82) is 0 Å². The second-order valence-electron chi connectivity index (χ2n) is 5.69. The summed E-state index contributed by atoms with van der Waals surface area (Å²) < 4.78 is 0. The Labute approximate surface area is 88.8 Å². The molecule has 2 nitrogen and oxygen atoms in total. The first-order valence-corrected chi connectivity index (χ1v) is 5.92. The van der Waals surface area contributed by atoms with Gasteiger partial charge in [-0.15, -0.1) is 0 Å². The van der Waals surface area contributed by atoms with Crippen LogP contribution < -0.4 is 5.73 Å². The predicted molar refractivity (Wildman–Crippen MR) is 62.3 cm³/mol. The van der Waals surface area contributed by atoms with Gasteiger partial charge in [-0.3, -0.25) is 0 Å². The van der Waals surface area contributed by atoms with Crippen LogP contribution in [0, 0.1) is 11.3 Å². The Hall–Kier alpha value is -0.0800. The molecule has 0 bridgehead atoms. The van der Waals surface area contributed by atoms with E-state index in [2.05, 4.69) is 25.8 Å². The van der Waals surface area contributed by atoms with Gasteiger partial charge in [-0.25, -0.2) is 0 Å². The Morgan fingerprint density at radius 1 is 1.36 bits per heavy atom. The highest BCUT2D eigenvalue weighted by Crippen LogP contribution is 2.29. The summed E-state index contributed by atoms with van der Waals surface area (Å²) in [4.78, 5) is 2.44. The lowest BCUT2D eigenvalue weighted by molar-refractivity contribution is 0.186. The summed E-state index contributed by atoms with van der Waals surface area (Å²) >= 11 is 0. The summed E-state index contributed by atoms with van der Waals surface area (Å²) in [5, 5.41) is 0. The molecule has 2 N–H and O–H groups in total. The van der Waals surface area contributed by atoms with Gasteiger partial charge in [0.15, 0.2) is 0 Å². The van der Waals surface area contributed by atoms with E-state index in [9.17, 15) is 0 Å². The molecular weight excluding hydrogens is 172 g/mol. The molecule has 0 radical (unpaired) electrons. The van der Waals surface area contributed by atoms with Crippen LogP contribution >= 0.6 is 0 Å². The average Bonchev–Trinajstić information content (AvgIpc) is 2.00. The van der Waals surface area contributed by atoms with Gasteiger partial charge in [0.1, 0.15) is 0 Å². The number of hydrogen-bond acceptors (Lipinski definition) is 2. The van der Waals surface area contributed by atoms with Gasteiger partial charge in [0.25, 0.3) is 0 Å². The zero-order valence-corrected chi connectivity index (χ0v) is 10.1. The molecule has 0 spiro atoms. The van der Waals surface area contributed by atoms with Crippen molar-refractivity contribution in [3.63, 3.8) is 0 Å². The lowest BCUT2D eigenvalue weighted by atomic mass is 9.83. The SMILES string of the molecule is CN(CCC1CCC1)CC(C)(C)CN. The third-order valence-corrected chi connectivity index (χ3v) is 3.39. The zero-order valence-electron chi connectivity index (χ0n) is 10.1. The third kappa shape index (κ3) is 3.97. The molecule has 1 aliphatic rings. The first-order chi connectivity index (χ1) is 6.53. The second kappa shape index (κ2) is 5.13. The lowest BCUT2D eigenvalue weighted by Crippen LogP contribution is -2.37. The maximum Gasteiger partial charge on any atom is 0.00417 e. The minimum atomic E-state index is 0.272. The molecular formula is C12H26N2. The van der Waals surface area contributed by atoms with Crippen molar-refractivity contribution in [3.8, 4) is 0 Å². The molecule has 1 rings (SSSR count). The molecule has 0 aromatic rings. The van der Waals surface area contributed by atoms with Gasteiger partial charge in [-0.05, 0) is 37.9 Å². The van der Waals surface area contributed by atoms with Crippen molar-refractivity contribution >= 4 is 0 Å². The predicted octanol–water partition coefficient (Wildman–Crippen LogP) is 2.09. The van der Waals surface area contributed by atoms with Gasteiger partial charge < -0.3 is 10.6 Å². The second-order valence-corrected chi connectivity index (χ2v) is 5.69. The summed E-state index contributed by atoms with van der Waals surface area (Å²) in [7, 11) is 2.22. The van der Waals surface area contributed by atoms with Crippen molar-refractivity contribution in [2.24, 2.45) is 17.1 Å². The first-order valence-electron chi connectivity index (χ1n) is 5.92. The Bertz CT molecular complexity index is 162.